The van der Waals surface area contributed by atoms with Crippen LogP contribution in [0.2, 0.25) is 0 Å². The minimum absolute atomic E-state index is 0.112. The maximum Gasteiger partial charge on any atom is 0.325 e. The average molecular weight is 334 g/mol. The van der Waals surface area contributed by atoms with Gasteiger partial charge in [0.15, 0.2) is 0 Å². The lowest BCUT2D eigenvalue weighted by Gasteiger charge is -2.28. The highest BCUT2D eigenvalue weighted by Crippen LogP contribution is 2.25. The second-order valence-electron chi connectivity index (χ2n) is 6.71. The van der Waals surface area contributed by atoms with Crippen LogP contribution in [0, 0.1) is 0 Å². The maximum atomic E-state index is 11.9. The van der Waals surface area contributed by atoms with Gasteiger partial charge in [-0.25, -0.2) is 0 Å². The van der Waals surface area contributed by atoms with Crippen molar-refractivity contribution in [3.8, 4) is 5.75 Å². The normalized spacial score (nSPS) is 18.3. The summed E-state index contributed by atoms with van der Waals surface area (Å²) >= 11 is 0. The van der Waals surface area contributed by atoms with E-state index < -0.39 is 12.0 Å². The monoisotopic (exact) mass is 334 g/mol. The number of nitrogens with zero attached hydrogens (tertiary/aromatic N) is 2. The quantitative estimate of drug-likeness (QED) is 0.831. The summed E-state index contributed by atoms with van der Waals surface area (Å²) in [6.07, 6.45) is 2.26. The highest BCUT2D eigenvalue weighted by molar-refractivity contribution is 5.75. The highest BCUT2D eigenvalue weighted by Gasteiger charge is 2.28. The third kappa shape index (κ3) is 5.21. The predicted octanol–water partition coefficient (Wildman–Crippen LogP) is 3.02. The Morgan fingerprint density at radius 2 is 1.88 bits per heavy atom. The van der Waals surface area contributed by atoms with E-state index in [4.69, 9.17) is 4.74 Å². The Morgan fingerprint density at radius 3 is 2.46 bits per heavy atom. The predicted molar refractivity (Wildman–Crippen MR) is 95.5 cm³/mol. The molecule has 2 rings (SSSR count). The largest absolute Gasteiger partial charge is 0.491 e. The summed E-state index contributed by atoms with van der Waals surface area (Å²) in [5.74, 6) is -0.000606. The first kappa shape index (κ1) is 18.7. The molecular formula is C19H30N2O3. The van der Waals surface area contributed by atoms with Gasteiger partial charge >= 0.3 is 5.97 Å². The van der Waals surface area contributed by atoms with Crippen molar-refractivity contribution in [3.63, 3.8) is 0 Å². The van der Waals surface area contributed by atoms with E-state index in [1.165, 1.54) is 0 Å². The van der Waals surface area contributed by atoms with Crippen LogP contribution in [-0.2, 0) is 4.79 Å². The summed E-state index contributed by atoms with van der Waals surface area (Å²) in [7, 11) is 0. The highest BCUT2D eigenvalue weighted by atomic mass is 16.5. The number of hydrogen-bond donors (Lipinski definition) is 1. The van der Waals surface area contributed by atoms with Gasteiger partial charge in [0.2, 0.25) is 0 Å². The van der Waals surface area contributed by atoms with E-state index in [0.717, 1.165) is 56.9 Å². The Balaban J connectivity index is 2.10. The van der Waals surface area contributed by atoms with Crippen molar-refractivity contribution < 1.29 is 14.6 Å². The van der Waals surface area contributed by atoms with Crippen molar-refractivity contribution in [1.82, 2.24) is 9.80 Å². The van der Waals surface area contributed by atoms with Crippen molar-refractivity contribution in [2.24, 2.45) is 0 Å². The van der Waals surface area contributed by atoms with Crippen LogP contribution in [-0.4, -0.2) is 59.7 Å². The lowest BCUT2D eigenvalue weighted by atomic mass is 10.0. The molecule has 5 heteroatoms. The van der Waals surface area contributed by atoms with Crippen LogP contribution in [0.5, 0.6) is 5.75 Å². The van der Waals surface area contributed by atoms with Crippen LogP contribution >= 0.6 is 0 Å². The molecule has 0 unspecified atom stereocenters. The van der Waals surface area contributed by atoms with Gasteiger partial charge in [0.25, 0.3) is 0 Å². The van der Waals surface area contributed by atoms with E-state index in [2.05, 4.69) is 16.7 Å². The SMILES string of the molecule is CCCN1CCCN([C@@H](C(=O)O)c2ccc(OC(C)C)cc2)CC1. The molecule has 1 heterocycles. The van der Waals surface area contributed by atoms with Gasteiger partial charge in [-0.3, -0.25) is 9.69 Å². The molecule has 0 amide bonds. The molecule has 1 aromatic carbocycles. The molecule has 5 nitrogen and oxygen atoms in total. The summed E-state index contributed by atoms with van der Waals surface area (Å²) < 4.78 is 5.65. The van der Waals surface area contributed by atoms with Gasteiger partial charge in [0.1, 0.15) is 11.8 Å². The topological polar surface area (TPSA) is 53.0 Å². The zero-order valence-corrected chi connectivity index (χ0v) is 15.1. The van der Waals surface area contributed by atoms with Crippen LogP contribution in [0.15, 0.2) is 24.3 Å². The number of benzene rings is 1. The second kappa shape index (κ2) is 9.04. The van der Waals surface area contributed by atoms with Crippen molar-refractivity contribution >= 4 is 5.97 Å². The fraction of sp³-hybridized carbons (Fsp3) is 0.632. The van der Waals surface area contributed by atoms with Gasteiger partial charge in [0, 0.05) is 19.6 Å². The molecule has 1 atom stereocenters. The molecule has 1 saturated heterocycles. The van der Waals surface area contributed by atoms with Crippen LogP contribution in [0.25, 0.3) is 0 Å². The summed E-state index contributed by atoms with van der Waals surface area (Å²) in [5, 5.41) is 9.77. The Bertz CT molecular complexity index is 516. The molecule has 1 fully saturated rings. The number of aliphatic carboxylic acids is 1. The standard InChI is InChI=1S/C19H30N2O3/c1-4-10-20-11-5-12-21(14-13-20)18(19(22)23)16-6-8-17(9-7-16)24-15(2)3/h6-9,15,18H,4-5,10-14H2,1-3H3,(H,22,23)/t18-/m1/s1. The molecule has 1 aliphatic rings. The Hall–Kier alpha value is -1.59. The van der Waals surface area contributed by atoms with E-state index in [9.17, 15) is 9.90 Å². The van der Waals surface area contributed by atoms with E-state index in [-0.39, 0.29) is 6.10 Å². The first-order valence-electron chi connectivity index (χ1n) is 8.97. The van der Waals surface area contributed by atoms with E-state index >= 15 is 0 Å². The van der Waals surface area contributed by atoms with Crippen LogP contribution in [0.1, 0.15) is 45.2 Å². The number of rotatable bonds is 7. The Morgan fingerprint density at radius 1 is 1.17 bits per heavy atom. The number of carboxylic acid groups (broad SMARTS) is 1. The molecule has 0 aliphatic carbocycles. The van der Waals surface area contributed by atoms with Crippen molar-refractivity contribution in [3.05, 3.63) is 29.8 Å². The summed E-state index contributed by atoms with van der Waals surface area (Å²) in [6.45, 7) is 10.8. The lowest BCUT2D eigenvalue weighted by Crippen LogP contribution is -2.37. The molecule has 1 aliphatic heterocycles. The first-order valence-corrected chi connectivity index (χ1v) is 8.97. The fourth-order valence-corrected chi connectivity index (χ4v) is 3.30. The molecule has 0 bridgehead atoms. The first-order chi connectivity index (χ1) is 11.5. The van der Waals surface area contributed by atoms with E-state index in [1.807, 2.05) is 38.1 Å². The summed E-state index contributed by atoms with van der Waals surface area (Å²) in [5.41, 5.74) is 0.822. The summed E-state index contributed by atoms with van der Waals surface area (Å²) in [4.78, 5) is 16.4. The molecule has 0 saturated carbocycles. The molecular weight excluding hydrogens is 304 g/mol. The molecule has 0 aromatic heterocycles. The van der Waals surface area contributed by atoms with E-state index in [1.54, 1.807) is 0 Å². The number of carbonyl (C=O) groups is 1. The number of carboxylic acids is 1. The third-order valence-corrected chi connectivity index (χ3v) is 4.33. The number of ether oxygens (including phenoxy) is 1. The zero-order chi connectivity index (χ0) is 17.5. The van der Waals surface area contributed by atoms with Gasteiger partial charge in [-0.2, -0.15) is 0 Å². The fourth-order valence-electron chi connectivity index (χ4n) is 3.30. The van der Waals surface area contributed by atoms with Gasteiger partial charge in [-0.1, -0.05) is 19.1 Å². The van der Waals surface area contributed by atoms with Crippen molar-refractivity contribution in [2.75, 3.05) is 32.7 Å². The lowest BCUT2D eigenvalue weighted by molar-refractivity contribution is -0.143. The van der Waals surface area contributed by atoms with Crippen LogP contribution in [0.4, 0.5) is 0 Å². The third-order valence-electron chi connectivity index (χ3n) is 4.33. The van der Waals surface area contributed by atoms with Crippen molar-refractivity contribution in [2.45, 2.75) is 45.8 Å². The zero-order valence-electron chi connectivity index (χ0n) is 15.1. The van der Waals surface area contributed by atoms with Gasteiger partial charge < -0.3 is 14.7 Å². The Kier molecular flexibility index (Phi) is 7.06. The molecule has 0 radical (unpaired) electrons. The average Bonchev–Trinajstić information content (AvgIpc) is 2.75. The molecule has 134 valence electrons. The molecule has 1 N–H and O–H groups in total. The minimum Gasteiger partial charge on any atom is -0.491 e. The van der Waals surface area contributed by atoms with Gasteiger partial charge in [0.05, 0.1) is 6.10 Å². The maximum absolute atomic E-state index is 11.9. The van der Waals surface area contributed by atoms with Crippen molar-refractivity contribution in [1.29, 1.82) is 0 Å². The molecule has 1 aromatic rings. The Labute approximate surface area is 145 Å². The van der Waals surface area contributed by atoms with Crippen LogP contribution in [0.3, 0.4) is 0 Å². The van der Waals surface area contributed by atoms with Gasteiger partial charge in [-0.15, -0.1) is 0 Å². The van der Waals surface area contributed by atoms with Gasteiger partial charge in [-0.05, 0) is 57.5 Å². The molecule has 0 spiro atoms. The summed E-state index contributed by atoms with van der Waals surface area (Å²) in [6, 6.07) is 6.91. The van der Waals surface area contributed by atoms with Crippen LogP contribution < -0.4 is 4.74 Å². The molecule has 24 heavy (non-hydrogen) atoms. The number of hydrogen-bond acceptors (Lipinski definition) is 4. The van der Waals surface area contributed by atoms with E-state index in [0.29, 0.717) is 0 Å². The second-order valence-corrected chi connectivity index (χ2v) is 6.71. The smallest absolute Gasteiger partial charge is 0.325 e. The minimum atomic E-state index is -0.781.